The summed E-state index contributed by atoms with van der Waals surface area (Å²) < 4.78 is 31.7. The van der Waals surface area contributed by atoms with Gasteiger partial charge in [-0.15, -0.1) is 0 Å². The fourth-order valence-corrected chi connectivity index (χ4v) is 1.85. The van der Waals surface area contributed by atoms with E-state index in [0.717, 1.165) is 12.1 Å². The molecular weight excluding hydrogens is 304 g/mol. The zero-order valence-electron chi connectivity index (χ0n) is 12.6. The van der Waals surface area contributed by atoms with E-state index < -0.39 is 23.6 Å². The number of benzene rings is 2. The quantitative estimate of drug-likeness (QED) is 0.857. The number of carbonyl (C=O) groups excluding carboxylic acids is 2. The highest BCUT2D eigenvalue weighted by atomic mass is 19.1. The molecule has 1 N–H and O–H groups in total. The Morgan fingerprint density at radius 2 is 1.74 bits per heavy atom. The summed E-state index contributed by atoms with van der Waals surface area (Å²) in [6.45, 7) is 2.94. The van der Waals surface area contributed by atoms with Crippen LogP contribution in [0.1, 0.15) is 24.2 Å². The van der Waals surface area contributed by atoms with Gasteiger partial charge in [-0.2, -0.15) is 0 Å². The lowest BCUT2D eigenvalue weighted by Crippen LogP contribution is -2.30. The van der Waals surface area contributed by atoms with Crippen LogP contribution in [-0.2, 0) is 4.79 Å². The van der Waals surface area contributed by atoms with Gasteiger partial charge in [-0.05, 0) is 50.2 Å². The van der Waals surface area contributed by atoms with Gasteiger partial charge in [0.1, 0.15) is 17.4 Å². The monoisotopic (exact) mass is 319 g/mol. The molecule has 2 aromatic rings. The number of amides is 1. The van der Waals surface area contributed by atoms with Gasteiger partial charge in [-0.25, -0.2) is 8.78 Å². The third-order valence-corrected chi connectivity index (χ3v) is 3.13. The molecule has 4 nitrogen and oxygen atoms in total. The molecule has 0 aromatic heterocycles. The van der Waals surface area contributed by atoms with Crippen molar-refractivity contribution in [1.82, 2.24) is 0 Å². The molecule has 0 spiro atoms. The Morgan fingerprint density at radius 1 is 1.09 bits per heavy atom. The average Bonchev–Trinajstić information content (AvgIpc) is 2.50. The van der Waals surface area contributed by atoms with Crippen LogP contribution in [0.15, 0.2) is 42.5 Å². The van der Waals surface area contributed by atoms with Crippen molar-refractivity contribution in [3.8, 4) is 5.75 Å². The van der Waals surface area contributed by atoms with Crippen LogP contribution in [0.5, 0.6) is 5.75 Å². The topological polar surface area (TPSA) is 55.4 Å². The molecule has 0 fully saturated rings. The largest absolute Gasteiger partial charge is 0.481 e. The molecule has 0 heterocycles. The fourth-order valence-electron chi connectivity index (χ4n) is 1.85. The molecule has 2 aromatic carbocycles. The van der Waals surface area contributed by atoms with Gasteiger partial charge in [0.25, 0.3) is 5.91 Å². The number of ether oxygens (including phenoxy) is 1. The summed E-state index contributed by atoms with van der Waals surface area (Å²) in [7, 11) is 0. The van der Waals surface area contributed by atoms with Crippen molar-refractivity contribution in [2.75, 3.05) is 5.32 Å². The van der Waals surface area contributed by atoms with Crippen LogP contribution in [0.25, 0.3) is 0 Å². The number of carbonyl (C=O) groups is 2. The summed E-state index contributed by atoms with van der Waals surface area (Å²) in [4.78, 5) is 23.2. The molecule has 1 atom stereocenters. The van der Waals surface area contributed by atoms with Crippen LogP contribution in [0.2, 0.25) is 0 Å². The SMILES string of the molecule is CC(=O)c1ccc(O[C@@H](C)C(=O)Nc2ccc(F)cc2F)cc1. The lowest BCUT2D eigenvalue weighted by atomic mass is 10.1. The Morgan fingerprint density at radius 3 is 2.30 bits per heavy atom. The van der Waals surface area contributed by atoms with Crippen LogP contribution in [0, 0.1) is 11.6 Å². The van der Waals surface area contributed by atoms with Crippen LogP contribution in [0.3, 0.4) is 0 Å². The number of halogens is 2. The molecule has 0 aliphatic rings. The predicted octanol–water partition coefficient (Wildman–Crippen LogP) is 3.57. The second kappa shape index (κ2) is 7.00. The van der Waals surface area contributed by atoms with E-state index in [0.29, 0.717) is 17.4 Å². The first-order valence-corrected chi connectivity index (χ1v) is 6.90. The standard InChI is InChI=1S/C17H15F2NO3/c1-10(21)12-3-6-14(7-4-12)23-11(2)17(22)20-16-8-5-13(18)9-15(16)19/h3-9,11H,1-2H3,(H,20,22)/t11-/m0/s1. The molecule has 0 bridgehead atoms. The summed E-state index contributed by atoms with van der Waals surface area (Å²) in [6, 6.07) is 9.17. The number of nitrogens with one attached hydrogen (secondary N) is 1. The van der Waals surface area contributed by atoms with Crippen LogP contribution in [-0.4, -0.2) is 17.8 Å². The first kappa shape index (κ1) is 16.6. The van der Waals surface area contributed by atoms with Crippen molar-refractivity contribution < 1.29 is 23.1 Å². The van der Waals surface area contributed by atoms with E-state index in [1.807, 2.05) is 0 Å². The maximum atomic E-state index is 13.5. The summed E-state index contributed by atoms with van der Waals surface area (Å²) in [6.07, 6.45) is -0.900. The maximum absolute atomic E-state index is 13.5. The summed E-state index contributed by atoms with van der Waals surface area (Å²) >= 11 is 0. The Labute approximate surface area is 132 Å². The first-order chi connectivity index (χ1) is 10.9. The van der Waals surface area contributed by atoms with Crippen LogP contribution >= 0.6 is 0 Å². The van der Waals surface area contributed by atoms with Gasteiger partial charge in [0.15, 0.2) is 11.9 Å². The second-order valence-electron chi connectivity index (χ2n) is 4.95. The van der Waals surface area contributed by atoms with E-state index in [9.17, 15) is 18.4 Å². The average molecular weight is 319 g/mol. The normalized spacial score (nSPS) is 11.7. The fraction of sp³-hybridized carbons (Fsp3) is 0.176. The van der Waals surface area contributed by atoms with Gasteiger partial charge in [0.2, 0.25) is 0 Å². The Bertz CT molecular complexity index is 729. The first-order valence-electron chi connectivity index (χ1n) is 6.90. The summed E-state index contributed by atoms with van der Waals surface area (Å²) in [5.41, 5.74) is 0.404. The van der Waals surface area contributed by atoms with E-state index in [-0.39, 0.29) is 11.5 Å². The van der Waals surface area contributed by atoms with E-state index in [2.05, 4.69) is 5.32 Å². The number of ketones is 1. The van der Waals surface area contributed by atoms with Gasteiger partial charge in [0, 0.05) is 11.6 Å². The van der Waals surface area contributed by atoms with Crippen LogP contribution in [0.4, 0.5) is 14.5 Å². The molecule has 0 radical (unpaired) electrons. The number of hydrogen-bond donors (Lipinski definition) is 1. The summed E-state index contributed by atoms with van der Waals surface area (Å²) in [5.74, 6) is -1.84. The van der Waals surface area contributed by atoms with Crippen molar-refractivity contribution in [3.63, 3.8) is 0 Å². The predicted molar refractivity (Wildman–Crippen MR) is 81.5 cm³/mol. The molecule has 120 valence electrons. The Balaban J connectivity index is 2.00. The molecule has 0 unspecified atom stereocenters. The molecular formula is C17H15F2NO3. The molecule has 0 saturated heterocycles. The number of Topliss-reactive ketones (excluding diaryl/α,β-unsaturated/α-hetero) is 1. The minimum atomic E-state index is -0.900. The zero-order valence-corrected chi connectivity index (χ0v) is 12.6. The van der Waals surface area contributed by atoms with E-state index in [4.69, 9.17) is 4.74 Å². The van der Waals surface area contributed by atoms with Gasteiger partial charge in [0.05, 0.1) is 5.69 Å². The molecule has 0 aliphatic heterocycles. The number of anilines is 1. The molecule has 1 amide bonds. The van der Waals surface area contributed by atoms with Crippen molar-refractivity contribution in [1.29, 1.82) is 0 Å². The Kier molecular flexibility index (Phi) is 5.05. The highest BCUT2D eigenvalue weighted by Gasteiger charge is 2.17. The van der Waals surface area contributed by atoms with Gasteiger partial charge in [-0.3, -0.25) is 9.59 Å². The molecule has 0 saturated carbocycles. The Hall–Kier alpha value is -2.76. The van der Waals surface area contributed by atoms with Gasteiger partial charge in [-0.1, -0.05) is 0 Å². The van der Waals surface area contributed by atoms with Crippen molar-refractivity contribution in [2.45, 2.75) is 20.0 Å². The lowest BCUT2D eigenvalue weighted by Gasteiger charge is -2.15. The highest BCUT2D eigenvalue weighted by molar-refractivity contribution is 5.95. The second-order valence-corrected chi connectivity index (χ2v) is 4.95. The van der Waals surface area contributed by atoms with Crippen LogP contribution < -0.4 is 10.1 Å². The minimum Gasteiger partial charge on any atom is -0.481 e. The minimum absolute atomic E-state index is 0.0749. The summed E-state index contributed by atoms with van der Waals surface area (Å²) in [5, 5.41) is 2.33. The highest BCUT2D eigenvalue weighted by Crippen LogP contribution is 2.17. The molecule has 23 heavy (non-hydrogen) atoms. The molecule has 2 rings (SSSR count). The van der Waals surface area contributed by atoms with E-state index in [1.165, 1.54) is 13.8 Å². The third kappa shape index (κ3) is 4.35. The van der Waals surface area contributed by atoms with Gasteiger partial charge >= 0.3 is 0 Å². The molecule has 6 heteroatoms. The zero-order chi connectivity index (χ0) is 17.0. The van der Waals surface area contributed by atoms with E-state index >= 15 is 0 Å². The number of rotatable bonds is 5. The molecule has 0 aliphatic carbocycles. The van der Waals surface area contributed by atoms with E-state index in [1.54, 1.807) is 24.3 Å². The smallest absolute Gasteiger partial charge is 0.265 e. The third-order valence-electron chi connectivity index (χ3n) is 3.13. The maximum Gasteiger partial charge on any atom is 0.265 e. The lowest BCUT2D eigenvalue weighted by molar-refractivity contribution is -0.122. The van der Waals surface area contributed by atoms with Gasteiger partial charge < -0.3 is 10.1 Å². The van der Waals surface area contributed by atoms with Crippen molar-refractivity contribution in [2.24, 2.45) is 0 Å². The number of hydrogen-bond acceptors (Lipinski definition) is 3. The van der Waals surface area contributed by atoms with Crippen molar-refractivity contribution in [3.05, 3.63) is 59.7 Å². The van der Waals surface area contributed by atoms with Crippen molar-refractivity contribution >= 4 is 17.4 Å².